The second-order valence-corrected chi connectivity index (χ2v) is 13.2. The number of ether oxygens (including phenoxy) is 2. The van der Waals surface area contributed by atoms with E-state index in [0.717, 1.165) is 79.4 Å². The molecular weight excluding hydrogens is 647 g/mol. The van der Waals surface area contributed by atoms with Crippen LogP contribution in [0.1, 0.15) is 21.7 Å². The molecule has 6 rings (SSSR count). The van der Waals surface area contributed by atoms with E-state index in [2.05, 4.69) is 21.9 Å². The predicted molar refractivity (Wildman–Crippen MR) is 170 cm³/mol. The molecule has 2 aliphatic rings. The van der Waals surface area contributed by atoms with Gasteiger partial charge in [0.05, 0.1) is 33.5 Å². The Balaban J connectivity index is 1.17. The van der Waals surface area contributed by atoms with Gasteiger partial charge in [0.15, 0.2) is 0 Å². The first kappa shape index (κ1) is 31.5. The number of fused-ring (bicyclic) bond motifs is 1. The highest BCUT2D eigenvalue weighted by Gasteiger charge is 2.30. The Morgan fingerprint density at radius 3 is 2.56 bits per heavy atom. The smallest absolute Gasteiger partial charge is 0.416 e. The quantitative estimate of drug-likeness (QED) is 0.173. The molecular formula is C32H29ClF3N3O4S2. The van der Waals surface area contributed by atoms with Gasteiger partial charge in [-0.1, -0.05) is 23.7 Å². The van der Waals surface area contributed by atoms with E-state index in [1.54, 1.807) is 18.2 Å². The Hall–Kier alpha value is -3.45. The van der Waals surface area contributed by atoms with Crippen molar-refractivity contribution in [3.63, 3.8) is 0 Å². The van der Waals surface area contributed by atoms with Crippen LogP contribution in [0.15, 0.2) is 65.6 Å². The molecule has 0 unspecified atom stereocenters. The lowest BCUT2D eigenvalue weighted by Crippen LogP contribution is -2.46. The Kier molecular flexibility index (Phi) is 9.46. The summed E-state index contributed by atoms with van der Waals surface area (Å²) in [6.07, 6.45) is -3.49. The molecule has 0 spiro atoms. The minimum atomic E-state index is -4.41. The van der Waals surface area contributed by atoms with Gasteiger partial charge in [-0.2, -0.15) is 13.2 Å². The molecule has 13 heteroatoms. The maximum atomic E-state index is 13.2. The van der Waals surface area contributed by atoms with Crippen molar-refractivity contribution in [3.8, 4) is 22.1 Å². The third-order valence-corrected chi connectivity index (χ3v) is 10.0. The number of carboxylic acids is 1. The number of benzene rings is 3. The molecule has 1 aromatic heterocycles. The van der Waals surface area contributed by atoms with Gasteiger partial charge >= 0.3 is 12.1 Å². The number of anilines is 1. The lowest BCUT2D eigenvalue weighted by molar-refractivity contribution is -0.137. The van der Waals surface area contributed by atoms with Crippen molar-refractivity contribution in [2.45, 2.75) is 30.6 Å². The average molecular weight is 676 g/mol. The Morgan fingerprint density at radius 2 is 1.84 bits per heavy atom. The summed E-state index contributed by atoms with van der Waals surface area (Å²) in [7, 11) is 0. The summed E-state index contributed by atoms with van der Waals surface area (Å²) in [5.41, 5.74) is 3.13. The van der Waals surface area contributed by atoms with Crippen LogP contribution in [0.4, 0.5) is 18.9 Å². The van der Waals surface area contributed by atoms with Crippen LogP contribution in [0.25, 0.3) is 10.6 Å². The molecule has 0 bridgehead atoms. The number of aliphatic carboxylic acids is 1. The number of rotatable bonds is 10. The van der Waals surface area contributed by atoms with Crippen molar-refractivity contribution in [1.82, 2.24) is 9.88 Å². The number of piperazine rings is 1. The summed E-state index contributed by atoms with van der Waals surface area (Å²) in [5, 5.41) is 9.91. The molecule has 2 aliphatic heterocycles. The van der Waals surface area contributed by atoms with Crippen molar-refractivity contribution < 1.29 is 32.5 Å². The third kappa shape index (κ3) is 7.69. The number of hydrogen-bond donors (Lipinski definition) is 1. The number of thioether (sulfide) groups is 1. The molecule has 0 atom stereocenters. The van der Waals surface area contributed by atoms with Crippen LogP contribution >= 0.6 is 34.7 Å². The zero-order valence-electron chi connectivity index (χ0n) is 24.0. The number of hydrogen-bond acceptors (Lipinski definition) is 8. The summed E-state index contributed by atoms with van der Waals surface area (Å²) in [5.74, 6) is 0.413. The van der Waals surface area contributed by atoms with Crippen LogP contribution < -0.4 is 14.4 Å². The lowest BCUT2D eigenvalue weighted by atomic mass is 10.1. The number of carboxylic acid groups (broad SMARTS) is 1. The average Bonchev–Trinajstić information content (AvgIpc) is 3.66. The van der Waals surface area contributed by atoms with E-state index in [0.29, 0.717) is 32.8 Å². The second kappa shape index (κ2) is 13.5. The van der Waals surface area contributed by atoms with E-state index in [1.165, 1.54) is 34.7 Å². The molecule has 45 heavy (non-hydrogen) atoms. The SMILES string of the molecule is O=C(O)CSc1ccc(OCc2sc(-c3ccc(C(F)(F)F)cc3)nc2CN2CCN(c3ccc4c(c3)CCO4)CC2)c(Cl)c1. The summed E-state index contributed by atoms with van der Waals surface area (Å²) in [4.78, 5) is 22.0. The van der Waals surface area contributed by atoms with Gasteiger partial charge in [-0.25, -0.2) is 4.98 Å². The van der Waals surface area contributed by atoms with Gasteiger partial charge in [0.1, 0.15) is 23.1 Å². The number of aromatic nitrogens is 1. The molecule has 236 valence electrons. The van der Waals surface area contributed by atoms with Crippen molar-refractivity contribution in [2.24, 2.45) is 0 Å². The van der Waals surface area contributed by atoms with Crippen LogP contribution in [-0.4, -0.2) is 59.5 Å². The van der Waals surface area contributed by atoms with Crippen LogP contribution in [0.2, 0.25) is 5.02 Å². The highest BCUT2D eigenvalue weighted by Crippen LogP contribution is 2.36. The van der Waals surface area contributed by atoms with Crippen LogP contribution in [0.3, 0.4) is 0 Å². The highest BCUT2D eigenvalue weighted by atomic mass is 35.5. The second-order valence-electron chi connectivity index (χ2n) is 10.7. The molecule has 3 heterocycles. The Morgan fingerprint density at radius 1 is 1.07 bits per heavy atom. The molecule has 0 amide bonds. The lowest BCUT2D eigenvalue weighted by Gasteiger charge is -2.36. The van der Waals surface area contributed by atoms with E-state index in [9.17, 15) is 18.0 Å². The standard InChI is InChI=1S/C32H29ClF3N3O4S2/c33-25-16-24(44-19-30(40)41)6-8-28(25)43-18-29-26(37-31(45-29)20-1-3-22(4-2-20)32(34,35)36)17-38-10-12-39(13-11-38)23-5-7-27-21(15-23)9-14-42-27/h1-8,15-16H,9-14,17-19H2,(H,40,41). The van der Waals surface area contributed by atoms with Crippen molar-refractivity contribution >= 4 is 46.4 Å². The Labute approximate surface area is 271 Å². The van der Waals surface area contributed by atoms with Crippen LogP contribution in [0.5, 0.6) is 11.5 Å². The highest BCUT2D eigenvalue weighted by molar-refractivity contribution is 8.00. The van der Waals surface area contributed by atoms with Gasteiger partial charge in [0.25, 0.3) is 0 Å². The van der Waals surface area contributed by atoms with Crippen molar-refractivity contribution in [3.05, 3.63) is 87.4 Å². The zero-order valence-corrected chi connectivity index (χ0v) is 26.4. The summed E-state index contributed by atoms with van der Waals surface area (Å²) < 4.78 is 51.2. The van der Waals surface area contributed by atoms with Gasteiger partial charge in [0.2, 0.25) is 0 Å². The molecule has 1 fully saturated rings. The van der Waals surface area contributed by atoms with E-state index in [-0.39, 0.29) is 12.4 Å². The maximum absolute atomic E-state index is 13.2. The van der Waals surface area contributed by atoms with Gasteiger partial charge in [-0.05, 0) is 54.1 Å². The first-order chi connectivity index (χ1) is 21.6. The van der Waals surface area contributed by atoms with E-state index in [4.69, 9.17) is 31.2 Å². The molecule has 3 aromatic carbocycles. The van der Waals surface area contributed by atoms with E-state index >= 15 is 0 Å². The number of halogens is 4. The van der Waals surface area contributed by atoms with E-state index < -0.39 is 17.7 Å². The van der Waals surface area contributed by atoms with Gasteiger partial charge in [-0.15, -0.1) is 23.1 Å². The van der Waals surface area contributed by atoms with Crippen LogP contribution in [0, 0.1) is 0 Å². The molecule has 0 saturated carbocycles. The largest absolute Gasteiger partial charge is 0.493 e. The summed E-state index contributed by atoms with van der Waals surface area (Å²) >= 11 is 8.99. The molecule has 1 N–H and O–H groups in total. The molecule has 7 nitrogen and oxygen atoms in total. The summed E-state index contributed by atoms with van der Waals surface area (Å²) in [6.45, 7) is 4.81. The first-order valence-corrected chi connectivity index (χ1v) is 16.5. The minimum absolute atomic E-state index is 0.0793. The van der Waals surface area contributed by atoms with Gasteiger partial charge in [0, 0.05) is 55.3 Å². The monoisotopic (exact) mass is 675 g/mol. The molecule has 4 aromatic rings. The minimum Gasteiger partial charge on any atom is -0.493 e. The normalized spacial score (nSPS) is 15.2. The Bertz CT molecular complexity index is 1680. The fraction of sp³-hybridized carbons (Fsp3) is 0.312. The first-order valence-electron chi connectivity index (χ1n) is 14.3. The molecule has 1 saturated heterocycles. The van der Waals surface area contributed by atoms with Crippen LogP contribution in [-0.2, 0) is 30.5 Å². The third-order valence-electron chi connectivity index (χ3n) is 7.65. The van der Waals surface area contributed by atoms with Gasteiger partial charge in [-0.3, -0.25) is 9.69 Å². The zero-order chi connectivity index (χ0) is 31.6. The fourth-order valence-electron chi connectivity index (χ4n) is 5.27. The fourth-order valence-corrected chi connectivity index (χ4v) is 7.21. The number of alkyl halides is 3. The molecule has 0 aliphatic carbocycles. The van der Waals surface area contributed by atoms with E-state index in [1.807, 2.05) is 6.07 Å². The topological polar surface area (TPSA) is 75.1 Å². The predicted octanol–water partition coefficient (Wildman–Crippen LogP) is 7.50. The number of thiazole rings is 1. The summed E-state index contributed by atoms with van der Waals surface area (Å²) in [6, 6.07) is 16.5. The van der Waals surface area contributed by atoms with Crippen molar-refractivity contribution in [2.75, 3.05) is 43.4 Å². The van der Waals surface area contributed by atoms with Gasteiger partial charge < -0.3 is 19.5 Å². The number of nitrogens with zero attached hydrogens (tertiary/aromatic N) is 3. The number of carbonyl (C=O) groups is 1. The van der Waals surface area contributed by atoms with Crippen molar-refractivity contribution in [1.29, 1.82) is 0 Å². The molecule has 0 radical (unpaired) electrons. The maximum Gasteiger partial charge on any atom is 0.416 e.